The van der Waals surface area contributed by atoms with E-state index in [2.05, 4.69) is 10.2 Å². The van der Waals surface area contributed by atoms with Crippen LogP contribution in [0.15, 0.2) is 65.7 Å². The largest absolute Gasteiger partial charge is 0.216 e. The number of aliphatic imine (C=N–C) groups is 1. The van der Waals surface area contributed by atoms with Gasteiger partial charge in [-0.1, -0.05) is 60.7 Å². The minimum Gasteiger partial charge on any atom is -0.216 e. The highest BCUT2D eigenvalue weighted by Crippen LogP contribution is 2.39. The van der Waals surface area contributed by atoms with E-state index in [9.17, 15) is 0 Å². The molecule has 0 saturated heterocycles. The molecule has 0 bridgehead atoms. The zero-order valence-corrected chi connectivity index (χ0v) is 13.0. The molecule has 2 aromatic carbocycles. The summed E-state index contributed by atoms with van der Waals surface area (Å²) < 4.78 is 0. The molecule has 0 heterocycles. The third-order valence-corrected chi connectivity index (χ3v) is 3.59. The van der Waals surface area contributed by atoms with Gasteiger partial charge in [-0.2, -0.15) is 0 Å². The molecule has 20 heavy (non-hydrogen) atoms. The summed E-state index contributed by atoms with van der Waals surface area (Å²) in [7, 11) is 0. The van der Waals surface area contributed by atoms with E-state index < -0.39 is 10.4 Å². The van der Waals surface area contributed by atoms with Gasteiger partial charge in [-0.15, -0.1) is 23.2 Å². The number of thiocarbonyl (C=S) groups is 1. The Morgan fingerprint density at radius 2 is 1.40 bits per heavy atom. The van der Waals surface area contributed by atoms with Gasteiger partial charge in [0, 0.05) is 6.42 Å². The van der Waals surface area contributed by atoms with Gasteiger partial charge in [-0.05, 0) is 23.3 Å². The van der Waals surface area contributed by atoms with Crippen molar-refractivity contribution < 1.29 is 0 Å². The van der Waals surface area contributed by atoms with Crippen LogP contribution < -0.4 is 0 Å². The van der Waals surface area contributed by atoms with Crippen molar-refractivity contribution in [1.29, 1.82) is 0 Å². The number of isothiocyanates is 1. The molecule has 0 spiro atoms. The van der Waals surface area contributed by atoms with Crippen molar-refractivity contribution in [1.82, 2.24) is 0 Å². The molecule has 102 valence electrons. The Bertz CT molecular complexity index is 553. The van der Waals surface area contributed by atoms with Gasteiger partial charge in [0.25, 0.3) is 0 Å². The van der Waals surface area contributed by atoms with Gasteiger partial charge in [-0.3, -0.25) is 0 Å². The second-order valence-electron chi connectivity index (χ2n) is 4.39. The third-order valence-electron chi connectivity index (χ3n) is 3.19. The quantitative estimate of drug-likeness (QED) is 0.417. The predicted octanol–water partition coefficient (Wildman–Crippen LogP) is 5.23. The van der Waals surface area contributed by atoms with E-state index in [-0.39, 0.29) is 0 Å². The zero-order valence-electron chi connectivity index (χ0n) is 10.7. The molecule has 0 N–H and O–H groups in total. The van der Waals surface area contributed by atoms with Crippen molar-refractivity contribution in [2.24, 2.45) is 4.99 Å². The Labute approximate surface area is 134 Å². The molecule has 0 unspecified atom stereocenters. The van der Waals surface area contributed by atoms with Gasteiger partial charge in [0.2, 0.25) is 0 Å². The Morgan fingerprint density at radius 1 is 0.950 bits per heavy atom. The molecule has 0 aliphatic rings. The molecule has 0 fully saturated rings. The Hall–Kier alpha value is -1.18. The summed E-state index contributed by atoms with van der Waals surface area (Å²) >= 11 is 16.9. The number of halogens is 2. The lowest BCUT2D eigenvalue weighted by atomic mass is 9.81. The molecule has 0 saturated carbocycles. The fraction of sp³-hybridized carbons (Fsp3) is 0.188. The van der Waals surface area contributed by atoms with Crippen LogP contribution in [0.1, 0.15) is 17.5 Å². The number of hydrogen-bond acceptors (Lipinski definition) is 2. The minimum atomic E-state index is -0.696. The van der Waals surface area contributed by atoms with E-state index >= 15 is 0 Å². The van der Waals surface area contributed by atoms with Crippen molar-refractivity contribution in [3.8, 4) is 0 Å². The minimum absolute atomic E-state index is 0.438. The highest BCUT2D eigenvalue weighted by molar-refractivity contribution is 7.78. The average molecular weight is 322 g/mol. The normalized spacial score (nSPS) is 11.2. The summed E-state index contributed by atoms with van der Waals surface area (Å²) in [5, 5.41) is 2.50. The first kappa shape index (κ1) is 15.2. The van der Waals surface area contributed by atoms with Crippen molar-refractivity contribution in [2.45, 2.75) is 16.8 Å². The van der Waals surface area contributed by atoms with Crippen molar-refractivity contribution in [3.63, 3.8) is 0 Å². The van der Waals surface area contributed by atoms with E-state index in [1.54, 1.807) is 0 Å². The van der Waals surface area contributed by atoms with Gasteiger partial charge in [0.05, 0.1) is 5.16 Å². The predicted molar refractivity (Wildman–Crippen MR) is 88.8 cm³/mol. The van der Waals surface area contributed by atoms with E-state index in [1.165, 1.54) is 0 Å². The SMILES string of the molecule is S=C=NC(CC(Cl)Cl)(c1ccccc1)c1ccccc1. The molecule has 0 atom stereocenters. The molecule has 4 heteroatoms. The maximum Gasteiger partial charge on any atom is 0.123 e. The van der Waals surface area contributed by atoms with Gasteiger partial charge in [0.1, 0.15) is 10.4 Å². The summed E-state index contributed by atoms with van der Waals surface area (Å²) in [4.78, 5) is 3.88. The van der Waals surface area contributed by atoms with Crippen molar-refractivity contribution in [2.75, 3.05) is 0 Å². The summed E-state index contributed by atoms with van der Waals surface area (Å²) in [6.07, 6.45) is 0.438. The number of nitrogens with zero attached hydrogens (tertiary/aromatic N) is 1. The first-order valence-corrected chi connectivity index (χ1v) is 7.45. The molecule has 0 amide bonds. The molecule has 2 rings (SSSR count). The molecule has 0 aliphatic heterocycles. The first-order chi connectivity index (χ1) is 9.69. The first-order valence-electron chi connectivity index (χ1n) is 6.17. The standard InChI is InChI=1S/C16H13Cl2NS/c17-15(18)11-16(19-12-20,13-7-3-1-4-8-13)14-9-5-2-6-10-14/h1-10,15H,11H2. The Morgan fingerprint density at radius 3 is 1.75 bits per heavy atom. The van der Waals surface area contributed by atoms with Crippen LogP contribution in [0.25, 0.3) is 0 Å². The molecule has 0 aromatic heterocycles. The van der Waals surface area contributed by atoms with Crippen molar-refractivity contribution in [3.05, 3.63) is 71.8 Å². The number of rotatable bonds is 5. The van der Waals surface area contributed by atoms with Gasteiger partial charge < -0.3 is 0 Å². The second kappa shape index (κ2) is 7.01. The monoisotopic (exact) mass is 321 g/mol. The van der Waals surface area contributed by atoms with Gasteiger partial charge in [-0.25, -0.2) is 4.99 Å². The lowest BCUT2D eigenvalue weighted by molar-refractivity contribution is 0.518. The number of benzene rings is 2. The van der Waals surface area contributed by atoms with E-state index in [0.717, 1.165) is 11.1 Å². The fourth-order valence-corrected chi connectivity index (χ4v) is 2.91. The lowest BCUT2D eigenvalue weighted by Gasteiger charge is -2.30. The van der Waals surface area contributed by atoms with Crippen LogP contribution in [0, 0.1) is 0 Å². The molecule has 1 nitrogen and oxygen atoms in total. The molecular formula is C16H13Cl2NS. The summed E-state index contributed by atoms with van der Waals surface area (Å²) in [6.45, 7) is 0. The third kappa shape index (κ3) is 3.28. The van der Waals surface area contributed by atoms with E-state index in [0.29, 0.717) is 6.42 Å². The fourth-order valence-electron chi connectivity index (χ4n) is 2.31. The van der Waals surface area contributed by atoms with Crippen molar-refractivity contribution >= 4 is 40.6 Å². The Balaban J connectivity index is 2.66. The summed E-state index contributed by atoms with van der Waals surface area (Å²) in [5.74, 6) is 0. The second-order valence-corrected chi connectivity index (χ2v) is 5.85. The number of hydrogen-bond donors (Lipinski definition) is 0. The average Bonchev–Trinajstić information content (AvgIpc) is 2.48. The van der Waals surface area contributed by atoms with Gasteiger partial charge in [0.15, 0.2) is 0 Å². The van der Waals surface area contributed by atoms with Crippen LogP contribution in [0.4, 0.5) is 0 Å². The summed E-state index contributed by atoms with van der Waals surface area (Å²) in [5.41, 5.74) is 1.29. The molecule has 0 radical (unpaired) electrons. The zero-order chi connectivity index (χ0) is 14.4. The van der Waals surface area contributed by atoms with Crippen LogP contribution in [0.2, 0.25) is 0 Å². The van der Waals surface area contributed by atoms with Crippen LogP contribution in [0.5, 0.6) is 0 Å². The van der Waals surface area contributed by atoms with Gasteiger partial charge >= 0.3 is 0 Å². The van der Waals surface area contributed by atoms with Crippen LogP contribution in [0.3, 0.4) is 0 Å². The number of alkyl halides is 2. The molecule has 0 aliphatic carbocycles. The summed E-state index contributed by atoms with van der Waals surface area (Å²) in [6, 6.07) is 19.8. The highest BCUT2D eigenvalue weighted by Gasteiger charge is 2.35. The smallest absolute Gasteiger partial charge is 0.123 e. The van der Waals surface area contributed by atoms with E-state index in [4.69, 9.17) is 35.4 Å². The topological polar surface area (TPSA) is 12.4 Å². The highest BCUT2D eigenvalue weighted by atomic mass is 35.5. The Kier molecular flexibility index (Phi) is 5.33. The van der Waals surface area contributed by atoms with Crippen LogP contribution in [-0.2, 0) is 5.54 Å². The lowest BCUT2D eigenvalue weighted by Crippen LogP contribution is -2.27. The maximum absolute atomic E-state index is 6.04. The van der Waals surface area contributed by atoms with E-state index in [1.807, 2.05) is 60.7 Å². The maximum atomic E-state index is 6.04. The molecular weight excluding hydrogens is 309 g/mol. The molecule has 2 aromatic rings. The van der Waals surface area contributed by atoms with Crippen LogP contribution >= 0.6 is 35.4 Å². The van der Waals surface area contributed by atoms with Crippen LogP contribution in [-0.4, -0.2) is 10.00 Å².